The van der Waals surface area contributed by atoms with Gasteiger partial charge in [-0.3, -0.25) is 0 Å². The molecule has 0 aliphatic carbocycles. The molecule has 0 saturated heterocycles. The van der Waals surface area contributed by atoms with E-state index in [9.17, 15) is 61.5 Å². The Hall–Kier alpha value is -12.6. The van der Waals surface area contributed by atoms with E-state index in [1.165, 1.54) is 35.6 Å². The minimum Gasteiger partial charge on any atom is -0.206 e. The zero-order valence-electron chi connectivity index (χ0n) is 71.6. The summed E-state index contributed by atoms with van der Waals surface area (Å²) in [6, 6.07) is 111. The molecule has 0 N–H and O–H groups in total. The van der Waals surface area contributed by atoms with E-state index in [4.69, 9.17) is 0 Å². The van der Waals surface area contributed by atoms with Crippen LogP contribution < -0.4 is 0 Å². The molecule has 700 valence electrons. The second kappa shape index (κ2) is 39.8. The summed E-state index contributed by atoms with van der Waals surface area (Å²) in [6.45, 7) is 0.914. The normalized spacial score (nSPS) is 11.9. The van der Waals surface area contributed by atoms with Gasteiger partial charge >= 0.3 is 24.7 Å². The van der Waals surface area contributed by atoms with Crippen LogP contribution in [0.1, 0.15) is 34.7 Å². The first-order valence-electron chi connectivity index (χ1n) is 42.1. The molecule has 0 atom stereocenters. The van der Waals surface area contributed by atoms with Crippen LogP contribution in [0.2, 0.25) is 0 Å². The van der Waals surface area contributed by atoms with Crippen LogP contribution in [0.25, 0.3) is 214 Å². The van der Waals surface area contributed by atoms with Gasteiger partial charge in [-0.1, -0.05) is 237 Å². The number of hydrogen-bond donors (Lipinski definition) is 0. The minimum absolute atomic E-state index is 0. The van der Waals surface area contributed by atoms with E-state index in [1.54, 1.807) is 88.6 Å². The topological polar surface area (TPSA) is 103 Å². The molecule has 0 saturated carbocycles. The fourth-order valence-electron chi connectivity index (χ4n) is 17.1. The van der Waals surface area contributed by atoms with E-state index in [0.717, 1.165) is 157 Å². The average Bonchev–Trinajstić information content (AvgIpc) is 0.810. The summed E-state index contributed by atoms with van der Waals surface area (Å²) < 4.78 is 198. The van der Waals surface area contributed by atoms with Crippen molar-refractivity contribution < 1.29 is 142 Å². The molecule has 0 spiro atoms. The van der Waals surface area contributed by atoms with E-state index < -0.39 is 58.4 Å². The standard InChI is InChI=1S/C28H13F6N2S.C28H17F2N2S.2C27H14F3N2S.4Ir/c29-27(30,31)21-10-5-9-18(24(21)28(32,33)34)25-19-12-15-6-1-2-7-16(15)13-20(19)26(36-35-25)23-14-17-8-3-4-11-22(17)37-23;1-28(29,30)23-12-6-5-11-20(23)26-21-14-17-8-2-3-9-18(17)15-22(21)27(32-31-26)25-16-19-10-4-7-13-24(19)33-25;28-27(29,30)22-11-5-4-10-19(22)25-20-13-16-7-1-2-8-17(16)14-21(20)26(32-31-25)24-15-18-9-3-6-12-23(18)33-24;28-27(29,30)20-10-5-9-19(12-20)25-21-13-16-6-1-2-7-17(16)14-22(21)26(32-31-25)24-15-18-8-3-4-11-23(18)33-24;;;;/h1-13H;2-15H,1H3;2*1-14H;;;;/q4*-1;;;;. The number of hydrogen-bond acceptors (Lipinski definition) is 12. The third kappa shape index (κ3) is 19.5. The Balaban J connectivity index is 0.000000128. The average molecular weight is 2650 g/mol. The molecule has 0 aliphatic heterocycles. The van der Waals surface area contributed by atoms with Crippen molar-refractivity contribution in [1.82, 2.24) is 40.8 Å². The number of halogens is 14. The van der Waals surface area contributed by atoms with Gasteiger partial charge in [-0.15, -0.1) is 94.3 Å². The largest absolute Gasteiger partial charge is 0.417 e. The second-order valence-electron chi connectivity index (χ2n) is 32.1. The molecule has 16 aromatic carbocycles. The maximum absolute atomic E-state index is 14.5. The van der Waals surface area contributed by atoms with Gasteiger partial charge in [0.05, 0.1) is 45.0 Å². The van der Waals surface area contributed by atoms with Crippen molar-refractivity contribution in [3.8, 4) is 87.3 Å². The molecule has 24 aromatic rings. The van der Waals surface area contributed by atoms with Crippen LogP contribution in [0.3, 0.4) is 0 Å². The van der Waals surface area contributed by atoms with Crippen molar-refractivity contribution in [3.63, 3.8) is 0 Å². The van der Waals surface area contributed by atoms with Gasteiger partial charge in [0.2, 0.25) is 0 Å². The first kappa shape index (κ1) is 99.0. The molecule has 8 nitrogen and oxygen atoms in total. The van der Waals surface area contributed by atoms with Crippen molar-refractivity contribution in [1.29, 1.82) is 0 Å². The van der Waals surface area contributed by atoms with Gasteiger partial charge in [-0.05, 0) is 151 Å². The molecule has 0 aliphatic rings. The molecule has 8 heterocycles. The number of nitrogens with zero attached hydrogens (tertiary/aromatic N) is 8. The molecule has 0 unspecified atom stereocenters. The van der Waals surface area contributed by atoms with E-state index in [-0.39, 0.29) is 108 Å². The van der Waals surface area contributed by atoms with E-state index >= 15 is 0 Å². The van der Waals surface area contributed by atoms with Crippen LogP contribution in [0, 0.1) is 24.3 Å². The Kier molecular flexibility index (Phi) is 28.1. The van der Waals surface area contributed by atoms with Crippen LogP contribution in [0.15, 0.2) is 334 Å². The monoisotopic (exact) mass is 2660 g/mol. The molecule has 24 rings (SSSR count). The molecule has 0 fully saturated rings. The molecule has 8 aromatic heterocycles. The summed E-state index contributed by atoms with van der Waals surface area (Å²) in [5.41, 5.74) is -1.72. The number of benzene rings is 16. The van der Waals surface area contributed by atoms with Crippen molar-refractivity contribution in [2.45, 2.75) is 37.6 Å². The Morgan fingerprint density at radius 1 is 0.214 bits per heavy atom. The fourth-order valence-corrected chi connectivity index (χ4v) is 21.1. The van der Waals surface area contributed by atoms with Gasteiger partial charge in [0.25, 0.3) is 5.92 Å². The summed E-state index contributed by atoms with van der Waals surface area (Å²) >= 11 is 6.11. The third-order valence-corrected chi connectivity index (χ3v) is 27.7. The molecule has 4 radical (unpaired) electrons. The van der Waals surface area contributed by atoms with E-state index in [0.29, 0.717) is 72.4 Å². The van der Waals surface area contributed by atoms with Gasteiger partial charge in [0, 0.05) is 159 Å². The molecule has 30 heteroatoms. The first-order chi connectivity index (χ1) is 65.6. The maximum Gasteiger partial charge on any atom is 0.417 e. The van der Waals surface area contributed by atoms with Crippen molar-refractivity contribution in [3.05, 3.63) is 386 Å². The Morgan fingerprint density at radius 3 is 0.764 bits per heavy atom. The predicted octanol–water partition coefficient (Wildman–Crippen LogP) is 33.7. The van der Waals surface area contributed by atoms with Crippen molar-refractivity contribution in [2.24, 2.45) is 0 Å². The maximum atomic E-state index is 14.5. The van der Waals surface area contributed by atoms with Crippen molar-refractivity contribution in [2.75, 3.05) is 0 Å². The molecular formula is C110H58F14Ir4N8S4-4. The van der Waals surface area contributed by atoms with Gasteiger partial charge in [-0.2, -0.15) is 93.5 Å². The first-order valence-corrected chi connectivity index (χ1v) is 45.3. The smallest absolute Gasteiger partial charge is 0.206 e. The zero-order valence-corrected chi connectivity index (χ0v) is 84.4. The number of thiophene rings is 4. The van der Waals surface area contributed by atoms with Crippen LogP contribution in [-0.4, -0.2) is 40.8 Å². The predicted molar refractivity (Wildman–Crippen MR) is 518 cm³/mol. The van der Waals surface area contributed by atoms with Gasteiger partial charge < -0.3 is 0 Å². The summed E-state index contributed by atoms with van der Waals surface area (Å²) in [7, 11) is 0. The molecule has 140 heavy (non-hydrogen) atoms. The third-order valence-electron chi connectivity index (χ3n) is 23.3. The number of aromatic nitrogens is 8. The Labute approximate surface area is 857 Å². The summed E-state index contributed by atoms with van der Waals surface area (Å²) in [6.07, 6.45) is -19.4. The van der Waals surface area contributed by atoms with Crippen LogP contribution in [0.4, 0.5) is 61.5 Å². The van der Waals surface area contributed by atoms with Crippen molar-refractivity contribution >= 4 is 172 Å². The number of fused-ring (bicyclic) bond motifs is 12. The van der Waals surface area contributed by atoms with Gasteiger partial charge in [-0.25, -0.2) is 54.1 Å². The molecule has 0 bridgehead atoms. The Bertz CT molecular complexity index is 8500. The van der Waals surface area contributed by atoms with E-state index in [1.807, 2.05) is 206 Å². The number of alkyl halides is 14. The van der Waals surface area contributed by atoms with Gasteiger partial charge in [0.15, 0.2) is 0 Å². The zero-order chi connectivity index (χ0) is 93.7. The number of rotatable bonds is 9. The second-order valence-corrected chi connectivity index (χ2v) is 36.3. The van der Waals surface area contributed by atoms with Crippen LogP contribution >= 0.6 is 45.3 Å². The van der Waals surface area contributed by atoms with Crippen LogP contribution in [-0.2, 0) is 111 Å². The Morgan fingerprint density at radius 2 is 0.457 bits per heavy atom. The summed E-state index contributed by atoms with van der Waals surface area (Å²) in [5.74, 6) is -3.00. The molecule has 0 amide bonds. The SMILES string of the molecule is CC(F)(F)c1ccccc1-c1nnc(-c2[c-]c3ccccc3s2)c2cc3ccccc3cc12.FC(F)(F)c1cccc(-c2nnc(-c3[c-]c4ccccc4s3)c3cc4ccccc4cc23)c1.FC(F)(F)c1cccc(-c2nnc(-c3[c-]c4ccccc4s3)c3cc4ccccc4cc23)c1C(F)(F)F.FC(F)(F)c1ccccc1-c1nnc(-c2[c-]c3ccccc3s2)c2cc3ccccc3cc12.[Ir].[Ir].[Ir].[Ir]. The quantitative estimate of drug-likeness (QED) is 0.0800. The van der Waals surface area contributed by atoms with Crippen LogP contribution in [0.5, 0.6) is 0 Å². The minimum atomic E-state index is -5.27. The summed E-state index contributed by atoms with van der Waals surface area (Å²) in [4.78, 5) is 3.16. The van der Waals surface area contributed by atoms with Gasteiger partial charge in [0.1, 0.15) is 0 Å². The molecular weight excluding hydrogens is 2600 g/mol. The summed E-state index contributed by atoms with van der Waals surface area (Å²) in [5, 5.41) is 51.8. The van der Waals surface area contributed by atoms with E-state index in [2.05, 4.69) is 77.2 Å². The fraction of sp³-hybridized carbons (Fsp3) is 0.0545.